The van der Waals surface area contributed by atoms with Gasteiger partial charge in [-0.3, -0.25) is 19.8 Å². The number of nitrogens with two attached hydrogens (primary N) is 1. The molecule has 42 heavy (non-hydrogen) atoms. The number of aliphatic hydroxyl groups excluding tert-OH is 1. The number of carbonyl (C=O) groups excluding carboxylic acids is 1. The van der Waals surface area contributed by atoms with Crippen LogP contribution in [-0.4, -0.2) is 32.0 Å². The molecule has 0 saturated heterocycles. The van der Waals surface area contributed by atoms with Gasteiger partial charge in [0.2, 0.25) is 0 Å². The van der Waals surface area contributed by atoms with Crippen molar-refractivity contribution in [2.75, 3.05) is 0 Å². The average Bonchev–Trinajstić information content (AvgIpc) is 3.51. The van der Waals surface area contributed by atoms with Crippen LogP contribution in [0.5, 0.6) is 0 Å². The third kappa shape index (κ3) is 6.16. The standard InChI is InChI=1S/C29H25F6N5O2/c30-17-9-15(10-18(31)13-17)11-23(26-19(4-2-8-37-26)16-6-7-22(32)21(12-16)28(36)42)38-25(41)14-40-24-5-1-3-20(24)27(39-40)29(33,34)35/h2,4,6-10,12-13,23,25,38,41H,1,3,5,11,14H2,(H2,36,42)/t23-,25?/m0/s1. The van der Waals surface area contributed by atoms with Gasteiger partial charge in [0.25, 0.3) is 5.91 Å². The number of aliphatic hydroxyl groups is 1. The molecular weight excluding hydrogens is 564 g/mol. The number of primary amides is 1. The number of nitrogens with one attached hydrogen (secondary N) is 1. The number of aromatic nitrogens is 3. The van der Waals surface area contributed by atoms with E-state index in [1.165, 1.54) is 18.3 Å². The van der Waals surface area contributed by atoms with Gasteiger partial charge in [0.15, 0.2) is 5.69 Å². The summed E-state index contributed by atoms with van der Waals surface area (Å²) in [6.45, 7) is -0.350. The number of hydrogen-bond donors (Lipinski definition) is 3. The van der Waals surface area contributed by atoms with Crippen LogP contribution in [0.15, 0.2) is 54.7 Å². The van der Waals surface area contributed by atoms with E-state index in [1.807, 2.05) is 0 Å². The highest BCUT2D eigenvalue weighted by atomic mass is 19.4. The molecule has 1 amide bonds. The Hall–Kier alpha value is -4.23. The summed E-state index contributed by atoms with van der Waals surface area (Å²) in [5, 5.41) is 17.7. The quantitative estimate of drug-likeness (QED) is 0.191. The monoisotopic (exact) mass is 589 g/mol. The van der Waals surface area contributed by atoms with Crippen molar-refractivity contribution in [3.05, 3.63) is 106 Å². The first-order valence-corrected chi connectivity index (χ1v) is 13.0. The number of rotatable bonds is 9. The van der Waals surface area contributed by atoms with E-state index in [-0.39, 0.29) is 41.8 Å². The number of amides is 1. The molecule has 4 aromatic rings. The number of nitrogens with zero attached hydrogens (tertiary/aromatic N) is 3. The van der Waals surface area contributed by atoms with E-state index in [2.05, 4.69) is 15.4 Å². The van der Waals surface area contributed by atoms with Gasteiger partial charge in [0, 0.05) is 29.1 Å². The molecule has 2 aromatic carbocycles. The summed E-state index contributed by atoms with van der Waals surface area (Å²) < 4.78 is 84.1. The lowest BCUT2D eigenvalue weighted by Crippen LogP contribution is -2.38. The largest absolute Gasteiger partial charge is 0.435 e. The van der Waals surface area contributed by atoms with Gasteiger partial charge in [-0.1, -0.05) is 12.1 Å². The van der Waals surface area contributed by atoms with Crippen LogP contribution >= 0.6 is 0 Å². The van der Waals surface area contributed by atoms with Crippen LogP contribution < -0.4 is 11.1 Å². The number of pyridine rings is 1. The van der Waals surface area contributed by atoms with Crippen molar-refractivity contribution in [2.24, 2.45) is 5.73 Å². The maximum Gasteiger partial charge on any atom is 0.435 e. The Bertz CT molecular complexity index is 1620. The maximum atomic E-state index is 14.2. The molecule has 0 aliphatic heterocycles. The number of fused-ring (bicyclic) bond motifs is 1. The number of carbonyl (C=O) groups is 1. The number of halogens is 6. The summed E-state index contributed by atoms with van der Waals surface area (Å²) in [6.07, 6.45) is -3.67. The molecule has 4 N–H and O–H groups in total. The smallest absolute Gasteiger partial charge is 0.377 e. The van der Waals surface area contributed by atoms with Gasteiger partial charge in [0.1, 0.15) is 23.7 Å². The van der Waals surface area contributed by atoms with Crippen molar-refractivity contribution in [3.63, 3.8) is 0 Å². The summed E-state index contributed by atoms with van der Waals surface area (Å²) in [6, 6.07) is 8.83. The van der Waals surface area contributed by atoms with Crippen molar-refractivity contribution in [3.8, 4) is 11.1 Å². The highest BCUT2D eigenvalue weighted by Crippen LogP contribution is 2.37. The van der Waals surface area contributed by atoms with Gasteiger partial charge >= 0.3 is 6.18 Å². The molecule has 0 saturated carbocycles. The highest BCUT2D eigenvalue weighted by molar-refractivity contribution is 5.94. The zero-order chi connectivity index (χ0) is 30.2. The number of benzene rings is 2. The Morgan fingerprint density at radius 3 is 2.50 bits per heavy atom. The van der Waals surface area contributed by atoms with E-state index in [1.54, 1.807) is 12.1 Å². The fourth-order valence-corrected chi connectivity index (χ4v) is 5.36. The second kappa shape index (κ2) is 11.6. The molecule has 7 nitrogen and oxygen atoms in total. The van der Waals surface area contributed by atoms with E-state index in [9.17, 15) is 36.2 Å². The minimum absolute atomic E-state index is 0.107. The summed E-state index contributed by atoms with van der Waals surface area (Å²) in [5.74, 6) is -3.49. The molecule has 0 bridgehead atoms. The summed E-state index contributed by atoms with van der Waals surface area (Å²) in [7, 11) is 0. The van der Waals surface area contributed by atoms with Gasteiger partial charge in [-0.15, -0.1) is 0 Å². The predicted octanol–water partition coefficient (Wildman–Crippen LogP) is 4.86. The maximum absolute atomic E-state index is 14.2. The highest BCUT2D eigenvalue weighted by Gasteiger charge is 2.40. The average molecular weight is 590 g/mol. The van der Waals surface area contributed by atoms with Gasteiger partial charge < -0.3 is 10.8 Å². The Morgan fingerprint density at radius 1 is 1.07 bits per heavy atom. The van der Waals surface area contributed by atoms with E-state index < -0.39 is 47.5 Å². The van der Waals surface area contributed by atoms with Crippen molar-refractivity contribution in [2.45, 2.75) is 50.7 Å². The number of hydrogen-bond acceptors (Lipinski definition) is 5. The van der Waals surface area contributed by atoms with Crippen molar-refractivity contribution < 1.29 is 36.2 Å². The molecular formula is C29H25F6N5O2. The molecule has 1 unspecified atom stereocenters. The van der Waals surface area contributed by atoms with E-state index >= 15 is 0 Å². The van der Waals surface area contributed by atoms with Crippen LogP contribution in [0.3, 0.4) is 0 Å². The molecule has 13 heteroatoms. The first-order valence-electron chi connectivity index (χ1n) is 13.0. The van der Waals surface area contributed by atoms with Gasteiger partial charge in [-0.05, 0) is 67.1 Å². The lowest BCUT2D eigenvalue weighted by Gasteiger charge is -2.25. The van der Waals surface area contributed by atoms with Crippen molar-refractivity contribution >= 4 is 5.91 Å². The first-order chi connectivity index (χ1) is 19.9. The van der Waals surface area contributed by atoms with Crippen molar-refractivity contribution in [1.29, 1.82) is 0 Å². The van der Waals surface area contributed by atoms with Crippen LogP contribution in [0, 0.1) is 17.5 Å². The normalized spacial score (nSPS) is 14.5. The lowest BCUT2D eigenvalue weighted by atomic mass is 9.94. The Kier molecular flexibility index (Phi) is 8.06. The molecule has 0 spiro atoms. The third-order valence-corrected chi connectivity index (χ3v) is 7.09. The molecule has 1 aliphatic rings. The van der Waals surface area contributed by atoms with Gasteiger partial charge in [-0.2, -0.15) is 18.3 Å². The summed E-state index contributed by atoms with van der Waals surface area (Å²) in [4.78, 5) is 16.2. The van der Waals surface area contributed by atoms with Crippen LogP contribution in [0.1, 0.15) is 51.0 Å². The second-order valence-corrected chi connectivity index (χ2v) is 10.0. The Labute approximate surface area is 236 Å². The molecule has 220 valence electrons. The molecule has 2 aromatic heterocycles. The Morgan fingerprint density at radius 2 is 1.81 bits per heavy atom. The van der Waals surface area contributed by atoms with E-state index in [0.717, 1.165) is 22.9 Å². The van der Waals surface area contributed by atoms with E-state index in [0.29, 0.717) is 35.7 Å². The van der Waals surface area contributed by atoms with Gasteiger partial charge in [0.05, 0.1) is 23.8 Å². The first kappa shape index (κ1) is 29.3. The van der Waals surface area contributed by atoms with Crippen LogP contribution in [-0.2, 0) is 32.0 Å². The molecule has 0 radical (unpaired) electrons. The number of alkyl halides is 3. The molecule has 1 aliphatic carbocycles. The minimum atomic E-state index is -4.65. The summed E-state index contributed by atoms with van der Waals surface area (Å²) >= 11 is 0. The fraction of sp³-hybridized carbons (Fsp3) is 0.276. The van der Waals surface area contributed by atoms with Crippen LogP contribution in [0.25, 0.3) is 11.1 Å². The minimum Gasteiger partial charge on any atom is -0.377 e. The van der Waals surface area contributed by atoms with Gasteiger partial charge in [-0.25, -0.2) is 13.2 Å². The lowest BCUT2D eigenvalue weighted by molar-refractivity contribution is -0.142. The molecule has 2 atom stereocenters. The zero-order valence-electron chi connectivity index (χ0n) is 21.9. The SMILES string of the molecule is NC(=O)c1cc(-c2cccnc2[C@H](Cc2cc(F)cc(F)c2)NC(O)Cn2nc(C(F)(F)F)c3c2CCC3)ccc1F. The van der Waals surface area contributed by atoms with E-state index in [4.69, 9.17) is 5.73 Å². The summed E-state index contributed by atoms with van der Waals surface area (Å²) in [5.41, 5.74) is 5.64. The topological polar surface area (TPSA) is 106 Å². The third-order valence-electron chi connectivity index (χ3n) is 7.09. The van der Waals surface area contributed by atoms with Crippen LogP contribution in [0.4, 0.5) is 26.3 Å². The Balaban J connectivity index is 1.52. The zero-order valence-corrected chi connectivity index (χ0v) is 21.9. The van der Waals surface area contributed by atoms with Crippen LogP contribution in [0.2, 0.25) is 0 Å². The molecule has 0 fully saturated rings. The fourth-order valence-electron chi connectivity index (χ4n) is 5.36. The predicted molar refractivity (Wildman–Crippen MR) is 139 cm³/mol. The van der Waals surface area contributed by atoms with Crippen molar-refractivity contribution in [1.82, 2.24) is 20.1 Å². The molecule has 2 heterocycles. The second-order valence-electron chi connectivity index (χ2n) is 10.0. The molecule has 5 rings (SSSR count).